The summed E-state index contributed by atoms with van der Waals surface area (Å²) in [6, 6.07) is 0.0270. The monoisotopic (exact) mass is 164 g/mol. The summed E-state index contributed by atoms with van der Waals surface area (Å²) in [5.74, 6) is 0.143. The van der Waals surface area contributed by atoms with Crippen molar-refractivity contribution in [2.24, 2.45) is 5.73 Å². The first-order valence-electron chi connectivity index (χ1n) is 4.10. The molecule has 1 atom stereocenters. The van der Waals surface area contributed by atoms with Gasteiger partial charge in [0.1, 0.15) is 0 Å². The molecule has 1 amide bonds. The molecule has 0 aromatic rings. The molecule has 0 saturated carbocycles. The van der Waals surface area contributed by atoms with Crippen molar-refractivity contribution >= 4 is 5.91 Å². The van der Waals surface area contributed by atoms with Crippen LogP contribution >= 0.6 is 0 Å². The molecule has 2 rings (SSSR count). The van der Waals surface area contributed by atoms with Crippen LogP contribution in [0.2, 0.25) is 0 Å². The van der Waals surface area contributed by atoms with E-state index in [0.29, 0.717) is 6.42 Å². The lowest BCUT2D eigenvalue weighted by Crippen LogP contribution is -2.25. The van der Waals surface area contributed by atoms with Crippen LogP contribution < -0.4 is 5.73 Å². The molecule has 1 aliphatic heterocycles. The number of nitrogens with two attached hydrogens (primary N) is 1. The van der Waals surface area contributed by atoms with Crippen LogP contribution in [0.1, 0.15) is 6.42 Å². The molecule has 2 aliphatic rings. The molecule has 0 aromatic heterocycles. The van der Waals surface area contributed by atoms with Gasteiger partial charge in [0.2, 0.25) is 5.91 Å². The van der Waals surface area contributed by atoms with E-state index >= 15 is 0 Å². The van der Waals surface area contributed by atoms with Crippen molar-refractivity contribution in [2.75, 3.05) is 13.6 Å². The predicted molar refractivity (Wildman–Crippen MR) is 46.4 cm³/mol. The number of hydrogen-bond acceptors (Lipinski definition) is 2. The maximum absolute atomic E-state index is 11.5. The number of likely N-dealkylation sites (N-methyl/N-ethyl adjacent to an activating group) is 1. The average Bonchev–Trinajstić information content (AvgIpc) is 2.31. The van der Waals surface area contributed by atoms with E-state index in [0.717, 1.165) is 17.7 Å². The van der Waals surface area contributed by atoms with Crippen molar-refractivity contribution in [3.63, 3.8) is 0 Å². The predicted octanol–water partition coefficient (Wildman–Crippen LogP) is 0.0422. The van der Waals surface area contributed by atoms with Gasteiger partial charge >= 0.3 is 0 Å². The summed E-state index contributed by atoms with van der Waals surface area (Å²) in [5, 5.41) is 0. The normalized spacial score (nSPS) is 28.3. The molecule has 0 saturated heterocycles. The zero-order valence-corrected chi connectivity index (χ0v) is 7.08. The van der Waals surface area contributed by atoms with Crippen molar-refractivity contribution in [1.29, 1.82) is 0 Å². The quantitative estimate of drug-likeness (QED) is 0.549. The minimum Gasteiger partial charge on any atom is -0.338 e. The second-order valence-corrected chi connectivity index (χ2v) is 3.39. The van der Waals surface area contributed by atoms with Gasteiger partial charge in [0, 0.05) is 25.2 Å². The van der Waals surface area contributed by atoms with Gasteiger partial charge in [0.25, 0.3) is 0 Å². The maximum Gasteiger partial charge on any atom is 0.250 e. The van der Waals surface area contributed by atoms with Crippen LogP contribution in [0.4, 0.5) is 0 Å². The highest BCUT2D eigenvalue weighted by Crippen LogP contribution is 2.26. The molecule has 3 nitrogen and oxygen atoms in total. The lowest BCUT2D eigenvalue weighted by Gasteiger charge is -2.11. The molecule has 3 heteroatoms. The summed E-state index contributed by atoms with van der Waals surface area (Å²) < 4.78 is 0. The standard InChI is InChI=1S/C9H12N2O/c1-11-5-6-2-3-7(10)4-8(6)9(11)12/h2-3,7H,4-5,10H2,1H3/t7-/m1/s1. The molecule has 0 bridgehead atoms. The SMILES string of the molecule is CN1CC2=C(C[C@H](N)C=C2)C1=O. The van der Waals surface area contributed by atoms with Crippen LogP contribution in [-0.4, -0.2) is 30.4 Å². The lowest BCUT2D eigenvalue weighted by molar-refractivity contribution is -0.124. The van der Waals surface area contributed by atoms with E-state index in [2.05, 4.69) is 0 Å². The van der Waals surface area contributed by atoms with Crippen LogP contribution in [-0.2, 0) is 4.79 Å². The highest BCUT2D eigenvalue weighted by Gasteiger charge is 2.28. The fourth-order valence-electron chi connectivity index (χ4n) is 1.71. The molecular weight excluding hydrogens is 152 g/mol. The molecule has 1 aliphatic carbocycles. The molecule has 2 N–H and O–H groups in total. The smallest absolute Gasteiger partial charge is 0.250 e. The third kappa shape index (κ3) is 0.975. The minimum atomic E-state index is 0.0270. The number of hydrogen-bond donors (Lipinski definition) is 1. The Labute approximate surface area is 71.5 Å². The fourth-order valence-corrected chi connectivity index (χ4v) is 1.71. The van der Waals surface area contributed by atoms with Gasteiger partial charge < -0.3 is 10.6 Å². The number of nitrogens with zero attached hydrogens (tertiary/aromatic N) is 1. The van der Waals surface area contributed by atoms with Gasteiger partial charge in [0.05, 0.1) is 0 Å². The summed E-state index contributed by atoms with van der Waals surface area (Å²) in [7, 11) is 1.82. The summed E-state index contributed by atoms with van der Waals surface area (Å²) in [5.41, 5.74) is 7.76. The first kappa shape index (κ1) is 7.55. The zero-order chi connectivity index (χ0) is 8.72. The molecule has 0 spiro atoms. The Morgan fingerprint density at radius 3 is 3.17 bits per heavy atom. The second-order valence-electron chi connectivity index (χ2n) is 3.39. The lowest BCUT2D eigenvalue weighted by atomic mass is 9.97. The van der Waals surface area contributed by atoms with Crippen LogP contribution in [0.3, 0.4) is 0 Å². The molecule has 64 valence electrons. The Morgan fingerprint density at radius 1 is 1.67 bits per heavy atom. The van der Waals surface area contributed by atoms with Gasteiger partial charge in [-0.2, -0.15) is 0 Å². The van der Waals surface area contributed by atoms with Gasteiger partial charge in [-0.15, -0.1) is 0 Å². The summed E-state index contributed by atoms with van der Waals surface area (Å²) in [4.78, 5) is 13.2. The highest BCUT2D eigenvalue weighted by molar-refractivity contribution is 5.98. The third-order valence-electron chi connectivity index (χ3n) is 2.38. The Morgan fingerprint density at radius 2 is 2.42 bits per heavy atom. The molecule has 1 heterocycles. The largest absolute Gasteiger partial charge is 0.338 e. The first-order chi connectivity index (χ1) is 5.68. The Balaban J connectivity index is 2.31. The van der Waals surface area contributed by atoms with Crippen molar-refractivity contribution in [3.05, 3.63) is 23.3 Å². The number of carbonyl (C=O) groups is 1. The van der Waals surface area contributed by atoms with E-state index in [1.54, 1.807) is 4.90 Å². The van der Waals surface area contributed by atoms with Gasteiger partial charge in [-0.3, -0.25) is 4.79 Å². The molecule has 0 unspecified atom stereocenters. The van der Waals surface area contributed by atoms with E-state index in [4.69, 9.17) is 5.73 Å². The van der Waals surface area contributed by atoms with Gasteiger partial charge in [0.15, 0.2) is 0 Å². The topological polar surface area (TPSA) is 46.3 Å². The van der Waals surface area contributed by atoms with Crippen molar-refractivity contribution in [2.45, 2.75) is 12.5 Å². The van der Waals surface area contributed by atoms with Crippen LogP contribution in [0.5, 0.6) is 0 Å². The van der Waals surface area contributed by atoms with E-state index in [1.165, 1.54) is 0 Å². The zero-order valence-electron chi connectivity index (χ0n) is 7.08. The first-order valence-corrected chi connectivity index (χ1v) is 4.10. The minimum absolute atomic E-state index is 0.0270. The maximum atomic E-state index is 11.5. The molecule has 0 aromatic carbocycles. The van der Waals surface area contributed by atoms with Crippen molar-refractivity contribution in [3.8, 4) is 0 Å². The fraction of sp³-hybridized carbons (Fsp3) is 0.444. The van der Waals surface area contributed by atoms with Crippen molar-refractivity contribution < 1.29 is 4.79 Å². The van der Waals surface area contributed by atoms with E-state index < -0.39 is 0 Å². The van der Waals surface area contributed by atoms with Crippen LogP contribution in [0.25, 0.3) is 0 Å². The summed E-state index contributed by atoms with van der Waals surface area (Å²) in [6.45, 7) is 0.747. The van der Waals surface area contributed by atoms with Crippen LogP contribution in [0.15, 0.2) is 23.3 Å². The molecule has 12 heavy (non-hydrogen) atoms. The Kier molecular flexibility index (Phi) is 1.54. The average molecular weight is 164 g/mol. The molecule has 0 radical (unpaired) electrons. The number of rotatable bonds is 0. The molecular formula is C9H12N2O. The summed E-state index contributed by atoms with van der Waals surface area (Å²) >= 11 is 0. The number of amides is 1. The highest BCUT2D eigenvalue weighted by atomic mass is 16.2. The van der Waals surface area contributed by atoms with E-state index in [-0.39, 0.29) is 11.9 Å². The Hall–Kier alpha value is -1.09. The molecule has 0 fully saturated rings. The number of carbonyl (C=O) groups excluding carboxylic acids is 1. The second kappa shape index (κ2) is 2.45. The van der Waals surface area contributed by atoms with Gasteiger partial charge in [-0.05, 0) is 12.0 Å². The van der Waals surface area contributed by atoms with E-state index in [9.17, 15) is 4.79 Å². The van der Waals surface area contributed by atoms with E-state index in [1.807, 2.05) is 19.2 Å². The third-order valence-corrected chi connectivity index (χ3v) is 2.38. The van der Waals surface area contributed by atoms with Gasteiger partial charge in [-0.25, -0.2) is 0 Å². The van der Waals surface area contributed by atoms with Crippen molar-refractivity contribution in [1.82, 2.24) is 4.90 Å². The van der Waals surface area contributed by atoms with Gasteiger partial charge in [-0.1, -0.05) is 12.2 Å². The Bertz CT molecular complexity index is 291. The van der Waals surface area contributed by atoms with Crippen LogP contribution in [0, 0.1) is 0 Å². The summed E-state index contributed by atoms with van der Waals surface area (Å²) in [6.07, 6.45) is 4.64.